The van der Waals surface area contributed by atoms with E-state index >= 15 is 0 Å². The molecule has 22 heavy (non-hydrogen) atoms. The molecule has 0 radical (unpaired) electrons. The SMILES string of the molecule is Cc1cccc(C2Nc3c(ccc(C)c3C)C3C=CCC32)c1. The molecule has 1 heterocycles. The summed E-state index contributed by atoms with van der Waals surface area (Å²) in [4.78, 5) is 0. The van der Waals surface area contributed by atoms with Crippen LogP contribution in [-0.4, -0.2) is 0 Å². The van der Waals surface area contributed by atoms with Gasteiger partial charge in [-0.3, -0.25) is 0 Å². The molecule has 3 unspecified atom stereocenters. The smallest absolute Gasteiger partial charge is 0.0554 e. The minimum atomic E-state index is 0.410. The van der Waals surface area contributed by atoms with Crippen molar-refractivity contribution >= 4 is 5.69 Å². The Morgan fingerprint density at radius 3 is 2.73 bits per heavy atom. The molecule has 1 aliphatic carbocycles. The van der Waals surface area contributed by atoms with Crippen LogP contribution in [0.3, 0.4) is 0 Å². The van der Waals surface area contributed by atoms with E-state index in [0.29, 0.717) is 17.9 Å². The van der Waals surface area contributed by atoms with Crippen LogP contribution in [0.1, 0.15) is 46.2 Å². The number of nitrogens with one attached hydrogen (secondary N) is 1. The molecular weight excluding hydrogens is 266 g/mol. The summed E-state index contributed by atoms with van der Waals surface area (Å²) in [5, 5.41) is 3.88. The van der Waals surface area contributed by atoms with Crippen LogP contribution in [0, 0.1) is 26.7 Å². The van der Waals surface area contributed by atoms with E-state index in [4.69, 9.17) is 0 Å². The lowest BCUT2D eigenvalue weighted by Gasteiger charge is -2.38. The van der Waals surface area contributed by atoms with E-state index in [2.05, 4.69) is 74.6 Å². The lowest BCUT2D eigenvalue weighted by molar-refractivity contribution is 0.425. The Morgan fingerprint density at radius 1 is 1.05 bits per heavy atom. The monoisotopic (exact) mass is 289 g/mol. The molecule has 2 aromatic carbocycles. The molecule has 2 aliphatic rings. The van der Waals surface area contributed by atoms with Gasteiger partial charge in [-0.25, -0.2) is 0 Å². The Bertz CT molecular complexity index is 756. The number of anilines is 1. The zero-order valence-corrected chi connectivity index (χ0v) is 13.6. The molecule has 0 bridgehead atoms. The van der Waals surface area contributed by atoms with Crippen molar-refractivity contribution in [2.24, 2.45) is 5.92 Å². The third-order valence-electron chi connectivity index (χ3n) is 5.47. The molecule has 1 aliphatic heterocycles. The van der Waals surface area contributed by atoms with E-state index in [1.165, 1.54) is 39.9 Å². The van der Waals surface area contributed by atoms with Crippen LogP contribution in [0.5, 0.6) is 0 Å². The molecular formula is C21H23N. The molecule has 0 amide bonds. The second-order valence-electron chi connectivity index (χ2n) is 6.86. The third kappa shape index (κ3) is 1.99. The molecule has 0 saturated carbocycles. The number of rotatable bonds is 1. The van der Waals surface area contributed by atoms with Gasteiger partial charge in [0.05, 0.1) is 6.04 Å². The second kappa shape index (κ2) is 5.01. The summed E-state index contributed by atoms with van der Waals surface area (Å²) in [6, 6.07) is 14.0. The molecule has 1 nitrogen and oxygen atoms in total. The molecule has 112 valence electrons. The average molecular weight is 289 g/mol. The van der Waals surface area contributed by atoms with Gasteiger partial charge < -0.3 is 5.32 Å². The maximum atomic E-state index is 3.88. The summed E-state index contributed by atoms with van der Waals surface area (Å²) >= 11 is 0. The predicted octanol–water partition coefficient (Wildman–Crippen LogP) is 5.44. The number of benzene rings is 2. The Kier molecular flexibility index (Phi) is 3.11. The standard InChI is InChI=1S/C21H23N/c1-13-6-4-7-16(12-13)21-18-9-5-8-17(18)19-11-10-14(2)15(3)20(19)22-21/h4-8,10-12,17-18,21-22H,9H2,1-3H3. The highest BCUT2D eigenvalue weighted by atomic mass is 15.0. The fourth-order valence-electron chi connectivity index (χ4n) is 4.11. The maximum Gasteiger partial charge on any atom is 0.0554 e. The lowest BCUT2D eigenvalue weighted by Crippen LogP contribution is -2.29. The van der Waals surface area contributed by atoms with Crippen LogP contribution < -0.4 is 5.32 Å². The third-order valence-corrected chi connectivity index (χ3v) is 5.47. The van der Waals surface area contributed by atoms with Gasteiger partial charge in [0.1, 0.15) is 0 Å². The van der Waals surface area contributed by atoms with Gasteiger partial charge in [0.25, 0.3) is 0 Å². The summed E-state index contributed by atoms with van der Waals surface area (Å²) in [7, 11) is 0. The van der Waals surface area contributed by atoms with Crippen LogP contribution in [0.15, 0.2) is 48.6 Å². The van der Waals surface area contributed by atoms with Gasteiger partial charge >= 0.3 is 0 Å². The molecule has 0 fully saturated rings. The van der Waals surface area contributed by atoms with Crippen LogP contribution in [0.2, 0.25) is 0 Å². The van der Waals surface area contributed by atoms with E-state index in [1.54, 1.807) is 0 Å². The Hall–Kier alpha value is -2.02. The van der Waals surface area contributed by atoms with Crippen molar-refractivity contribution in [3.63, 3.8) is 0 Å². The van der Waals surface area contributed by atoms with E-state index < -0.39 is 0 Å². The van der Waals surface area contributed by atoms with Crippen molar-refractivity contribution in [1.82, 2.24) is 0 Å². The topological polar surface area (TPSA) is 12.0 Å². The predicted molar refractivity (Wildman–Crippen MR) is 93.4 cm³/mol. The van der Waals surface area contributed by atoms with Gasteiger partial charge in [0, 0.05) is 11.6 Å². The minimum Gasteiger partial charge on any atom is -0.377 e. The Balaban J connectivity index is 1.84. The van der Waals surface area contributed by atoms with Crippen molar-refractivity contribution in [3.8, 4) is 0 Å². The maximum absolute atomic E-state index is 3.88. The van der Waals surface area contributed by atoms with E-state index in [1.807, 2.05) is 0 Å². The van der Waals surface area contributed by atoms with E-state index in [-0.39, 0.29) is 0 Å². The highest BCUT2D eigenvalue weighted by Crippen LogP contribution is 2.50. The number of allylic oxidation sites excluding steroid dienone is 2. The van der Waals surface area contributed by atoms with Gasteiger partial charge in [0.2, 0.25) is 0 Å². The first-order valence-corrected chi connectivity index (χ1v) is 8.25. The number of hydrogen-bond donors (Lipinski definition) is 1. The Labute approximate surface area is 133 Å². The molecule has 3 atom stereocenters. The normalized spacial score (nSPS) is 25.5. The quantitative estimate of drug-likeness (QED) is 0.689. The van der Waals surface area contributed by atoms with Crippen molar-refractivity contribution in [1.29, 1.82) is 0 Å². The fourth-order valence-corrected chi connectivity index (χ4v) is 4.11. The zero-order valence-electron chi connectivity index (χ0n) is 13.6. The van der Waals surface area contributed by atoms with Crippen LogP contribution in [0.4, 0.5) is 5.69 Å². The highest BCUT2D eigenvalue weighted by Gasteiger charge is 2.38. The second-order valence-corrected chi connectivity index (χ2v) is 6.86. The van der Waals surface area contributed by atoms with Gasteiger partial charge in [-0.2, -0.15) is 0 Å². The minimum absolute atomic E-state index is 0.410. The van der Waals surface area contributed by atoms with E-state index in [9.17, 15) is 0 Å². The van der Waals surface area contributed by atoms with Gasteiger partial charge in [-0.05, 0) is 55.4 Å². The summed E-state index contributed by atoms with van der Waals surface area (Å²) in [6.45, 7) is 6.63. The van der Waals surface area contributed by atoms with Crippen molar-refractivity contribution < 1.29 is 0 Å². The molecule has 0 spiro atoms. The molecule has 1 N–H and O–H groups in total. The van der Waals surface area contributed by atoms with Gasteiger partial charge in [0.15, 0.2) is 0 Å². The van der Waals surface area contributed by atoms with Crippen molar-refractivity contribution in [2.45, 2.75) is 39.2 Å². The summed E-state index contributed by atoms with van der Waals surface area (Å²) in [5.74, 6) is 1.19. The molecule has 1 heteroatoms. The van der Waals surface area contributed by atoms with Crippen LogP contribution in [-0.2, 0) is 0 Å². The highest BCUT2D eigenvalue weighted by molar-refractivity contribution is 5.65. The van der Waals surface area contributed by atoms with E-state index in [0.717, 1.165) is 0 Å². The summed E-state index contributed by atoms with van der Waals surface area (Å²) in [5.41, 5.74) is 8.37. The van der Waals surface area contributed by atoms with Crippen LogP contribution >= 0.6 is 0 Å². The van der Waals surface area contributed by atoms with Crippen LogP contribution in [0.25, 0.3) is 0 Å². The molecule has 4 rings (SSSR count). The number of aryl methyl sites for hydroxylation is 2. The van der Waals surface area contributed by atoms with Gasteiger partial charge in [-0.15, -0.1) is 0 Å². The summed E-state index contributed by atoms with van der Waals surface area (Å²) in [6.07, 6.45) is 5.95. The van der Waals surface area contributed by atoms with Crippen molar-refractivity contribution in [2.75, 3.05) is 5.32 Å². The van der Waals surface area contributed by atoms with Gasteiger partial charge in [-0.1, -0.05) is 54.1 Å². The zero-order chi connectivity index (χ0) is 15.3. The fraction of sp³-hybridized carbons (Fsp3) is 0.333. The first-order chi connectivity index (χ1) is 10.6. The molecule has 2 aromatic rings. The molecule has 0 saturated heterocycles. The summed E-state index contributed by atoms with van der Waals surface area (Å²) < 4.78 is 0. The largest absolute Gasteiger partial charge is 0.377 e. The number of hydrogen-bond acceptors (Lipinski definition) is 1. The lowest BCUT2D eigenvalue weighted by atomic mass is 9.76. The Morgan fingerprint density at radius 2 is 1.91 bits per heavy atom. The van der Waals surface area contributed by atoms with Crippen molar-refractivity contribution in [3.05, 3.63) is 76.4 Å². The first kappa shape index (κ1) is 13.6. The average Bonchev–Trinajstić information content (AvgIpc) is 3.00. The number of fused-ring (bicyclic) bond motifs is 3. The molecule has 0 aromatic heterocycles. The first-order valence-electron chi connectivity index (χ1n) is 8.25.